The molecule has 0 saturated heterocycles. The molecule has 0 spiro atoms. The van der Waals surface area contributed by atoms with Gasteiger partial charge in [0.05, 0.1) is 12.5 Å². The van der Waals surface area contributed by atoms with Crippen molar-refractivity contribution in [3.8, 4) is 0 Å². The van der Waals surface area contributed by atoms with Crippen molar-refractivity contribution in [3.05, 3.63) is 46.0 Å². The molecule has 2 aromatic rings. The van der Waals surface area contributed by atoms with Crippen LogP contribution in [0.4, 0.5) is 0 Å². The summed E-state index contributed by atoms with van der Waals surface area (Å²) in [5.74, 6) is 2.88. The van der Waals surface area contributed by atoms with Crippen molar-refractivity contribution in [3.63, 3.8) is 0 Å². The summed E-state index contributed by atoms with van der Waals surface area (Å²) in [6, 6.07) is 6.22. The van der Waals surface area contributed by atoms with Crippen LogP contribution in [0, 0.1) is 18.8 Å². The van der Waals surface area contributed by atoms with E-state index in [9.17, 15) is 9.59 Å². The van der Waals surface area contributed by atoms with Crippen LogP contribution in [0.25, 0.3) is 0 Å². The first-order valence-electron chi connectivity index (χ1n) is 12.8. The molecule has 34 heavy (non-hydrogen) atoms. The maximum atomic E-state index is 12.7. The zero-order chi connectivity index (χ0) is 24.1. The molecular formula is C27H36ClN3O3. The van der Waals surface area contributed by atoms with Crippen LogP contribution in [0.1, 0.15) is 87.1 Å². The van der Waals surface area contributed by atoms with Gasteiger partial charge in [-0.15, -0.1) is 10.2 Å². The second-order valence-electron chi connectivity index (χ2n) is 9.88. The van der Waals surface area contributed by atoms with Gasteiger partial charge in [0.15, 0.2) is 0 Å². The Balaban J connectivity index is 1.29. The largest absolute Gasteiger partial charge is 0.466 e. The highest BCUT2D eigenvalue weighted by atomic mass is 35.5. The van der Waals surface area contributed by atoms with Crippen molar-refractivity contribution in [1.29, 1.82) is 0 Å². The summed E-state index contributed by atoms with van der Waals surface area (Å²) in [6.45, 7) is 4.29. The standard InChI is InChI=1S/C27H36ClN3O3/c1-3-34-27(33)20-10-7-19(8-11-20)9-15-25-29-30-26(31(25)22-12-13-22)16-14-23(32)17-21-5-4-6-24(28)18(21)2/h4-6,19-20,22H,3,7-17H2,1-2H3. The minimum absolute atomic E-state index is 0.0286. The molecule has 1 aromatic heterocycles. The van der Waals surface area contributed by atoms with Gasteiger partial charge in [-0.3, -0.25) is 9.59 Å². The smallest absolute Gasteiger partial charge is 0.308 e. The Morgan fingerprint density at radius 3 is 2.44 bits per heavy atom. The van der Waals surface area contributed by atoms with Crippen molar-refractivity contribution in [2.75, 3.05) is 6.61 Å². The average Bonchev–Trinajstić information content (AvgIpc) is 3.59. The zero-order valence-electron chi connectivity index (χ0n) is 20.4. The van der Waals surface area contributed by atoms with Crippen LogP contribution in [-0.4, -0.2) is 33.1 Å². The molecule has 0 aliphatic heterocycles. The minimum Gasteiger partial charge on any atom is -0.466 e. The monoisotopic (exact) mass is 485 g/mol. The van der Waals surface area contributed by atoms with Gasteiger partial charge >= 0.3 is 5.97 Å². The van der Waals surface area contributed by atoms with Gasteiger partial charge in [-0.2, -0.15) is 0 Å². The van der Waals surface area contributed by atoms with E-state index in [-0.39, 0.29) is 17.7 Å². The number of ether oxygens (including phenoxy) is 1. The van der Waals surface area contributed by atoms with Gasteiger partial charge in [-0.05, 0) is 81.9 Å². The molecule has 2 aliphatic rings. The Hall–Kier alpha value is -2.21. The number of esters is 1. The first-order chi connectivity index (χ1) is 16.5. The van der Waals surface area contributed by atoms with Crippen LogP contribution >= 0.6 is 11.6 Å². The number of carbonyl (C=O) groups excluding carboxylic acids is 2. The molecule has 4 rings (SSSR count). The summed E-state index contributed by atoms with van der Waals surface area (Å²) in [4.78, 5) is 24.7. The average molecular weight is 486 g/mol. The molecule has 0 atom stereocenters. The molecule has 0 bridgehead atoms. The summed E-state index contributed by atoms with van der Waals surface area (Å²) in [6.07, 6.45) is 9.83. The molecule has 7 heteroatoms. The number of aromatic nitrogens is 3. The van der Waals surface area contributed by atoms with Gasteiger partial charge in [-0.1, -0.05) is 23.7 Å². The third-order valence-electron chi connectivity index (χ3n) is 7.39. The Morgan fingerprint density at radius 1 is 1.06 bits per heavy atom. The van der Waals surface area contributed by atoms with Crippen molar-refractivity contribution < 1.29 is 14.3 Å². The van der Waals surface area contributed by atoms with E-state index in [1.54, 1.807) is 0 Å². The van der Waals surface area contributed by atoms with Crippen LogP contribution in [0.2, 0.25) is 5.02 Å². The SMILES string of the molecule is CCOC(=O)C1CCC(CCc2nnc(CCC(=O)Cc3cccc(Cl)c3C)n2C2CC2)CC1. The van der Waals surface area contributed by atoms with Crippen molar-refractivity contribution in [1.82, 2.24) is 14.8 Å². The maximum Gasteiger partial charge on any atom is 0.308 e. The van der Waals surface area contributed by atoms with E-state index in [2.05, 4.69) is 14.8 Å². The molecule has 0 unspecified atom stereocenters. The number of ketones is 1. The number of rotatable bonds is 11. The molecule has 2 fully saturated rings. The number of aryl methyl sites for hydroxylation is 2. The van der Waals surface area contributed by atoms with E-state index < -0.39 is 0 Å². The third-order valence-corrected chi connectivity index (χ3v) is 7.80. The zero-order valence-corrected chi connectivity index (χ0v) is 21.1. The van der Waals surface area contributed by atoms with Crippen LogP contribution in [0.5, 0.6) is 0 Å². The highest BCUT2D eigenvalue weighted by Gasteiger charge is 2.31. The third kappa shape index (κ3) is 6.26. The van der Waals surface area contributed by atoms with Gasteiger partial charge < -0.3 is 9.30 Å². The van der Waals surface area contributed by atoms with E-state index in [4.69, 9.17) is 16.3 Å². The number of Topliss-reactive ketones (excluding diaryl/α,β-unsaturated/α-hetero) is 1. The lowest BCUT2D eigenvalue weighted by Crippen LogP contribution is -2.24. The topological polar surface area (TPSA) is 74.1 Å². The number of hydrogen-bond donors (Lipinski definition) is 0. The fourth-order valence-corrected chi connectivity index (χ4v) is 5.33. The second kappa shape index (κ2) is 11.5. The minimum atomic E-state index is -0.0286. The Labute approximate surface area is 207 Å². The van der Waals surface area contributed by atoms with E-state index in [1.807, 2.05) is 32.0 Å². The van der Waals surface area contributed by atoms with Crippen LogP contribution in [0.15, 0.2) is 18.2 Å². The summed E-state index contributed by atoms with van der Waals surface area (Å²) < 4.78 is 7.50. The number of halogens is 1. The van der Waals surface area contributed by atoms with Crippen molar-refractivity contribution in [2.45, 2.75) is 90.5 Å². The molecule has 0 N–H and O–H groups in total. The van der Waals surface area contributed by atoms with Crippen LogP contribution < -0.4 is 0 Å². The number of nitrogens with zero attached hydrogens (tertiary/aromatic N) is 3. The van der Waals surface area contributed by atoms with Gasteiger partial charge in [-0.25, -0.2) is 0 Å². The molecule has 2 saturated carbocycles. The highest BCUT2D eigenvalue weighted by molar-refractivity contribution is 6.31. The summed E-state index contributed by atoms with van der Waals surface area (Å²) >= 11 is 6.20. The van der Waals surface area contributed by atoms with Gasteiger partial charge in [0, 0.05) is 36.7 Å². The molecule has 1 aromatic carbocycles. The fourth-order valence-electron chi connectivity index (χ4n) is 5.13. The molecule has 6 nitrogen and oxygen atoms in total. The Bertz CT molecular complexity index is 1010. The van der Waals surface area contributed by atoms with Gasteiger partial charge in [0.25, 0.3) is 0 Å². The molecule has 0 amide bonds. The van der Waals surface area contributed by atoms with Crippen molar-refractivity contribution in [2.24, 2.45) is 11.8 Å². The number of hydrogen-bond acceptors (Lipinski definition) is 5. The van der Waals surface area contributed by atoms with E-state index >= 15 is 0 Å². The quantitative estimate of drug-likeness (QED) is 0.386. The molecule has 1 heterocycles. The predicted octanol–water partition coefficient (Wildman–Crippen LogP) is 5.62. The highest BCUT2D eigenvalue weighted by Crippen LogP contribution is 2.38. The second-order valence-corrected chi connectivity index (χ2v) is 10.3. The van der Waals surface area contributed by atoms with Crippen LogP contribution in [0.3, 0.4) is 0 Å². The fraction of sp³-hybridized carbons (Fsp3) is 0.630. The molecular weight excluding hydrogens is 450 g/mol. The van der Waals surface area contributed by atoms with Crippen molar-refractivity contribution >= 4 is 23.4 Å². The van der Waals surface area contributed by atoms with Crippen LogP contribution in [-0.2, 0) is 33.6 Å². The summed E-state index contributed by atoms with van der Waals surface area (Å²) in [7, 11) is 0. The number of carbonyl (C=O) groups is 2. The molecule has 184 valence electrons. The van der Waals surface area contributed by atoms with E-state index in [0.29, 0.717) is 42.9 Å². The Morgan fingerprint density at radius 2 is 1.76 bits per heavy atom. The van der Waals surface area contributed by atoms with Gasteiger partial charge in [0.2, 0.25) is 0 Å². The summed E-state index contributed by atoms with van der Waals surface area (Å²) in [5, 5.41) is 9.72. The molecule has 2 aliphatic carbocycles. The first kappa shape index (κ1) is 24.9. The van der Waals surface area contributed by atoms with E-state index in [0.717, 1.165) is 61.3 Å². The molecule has 0 radical (unpaired) electrons. The normalized spacial score (nSPS) is 20.3. The lowest BCUT2D eigenvalue weighted by atomic mass is 9.80. The van der Waals surface area contributed by atoms with E-state index in [1.165, 1.54) is 12.8 Å². The first-order valence-corrected chi connectivity index (χ1v) is 13.2. The lowest BCUT2D eigenvalue weighted by molar-refractivity contribution is -0.149. The number of benzene rings is 1. The maximum absolute atomic E-state index is 12.7. The van der Waals surface area contributed by atoms with Gasteiger partial charge in [0.1, 0.15) is 17.4 Å². The summed E-state index contributed by atoms with van der Waals surface area (Å²) in [5.41, 5.74) is 1.98. The predicted molar refractivity (Wildman–Crippen MR) is 132 cm³/mol. The Kier molecular flexibility index (Phi) is 8.41. The lowest BCUT2D eigenvalue weighted by Gasteiger charge is -2.27.